The number of halogens is 3. The van der Waals surface area contributed by atoms with Crippen molar-refractivity contribution in [2.75, 3.05) is 0 Å². The van der Waals surface area contributed by atoms with E-state index in [0.29, 0.717) is 11.5 Å². The lowest BCUT2D eigenvalue weighted by Gasteiger charge is -2.32. The van der Waals surface area contributed by atoms with E-state index in [9.17, 15) is 13.2 Å². The van der Waals surface area contributed by atoms with Gasteiger partial charge in [0.05, 0.1) is 17.3 Å². The van der Waals surface area contributed by atoms with Gasteiger partial charge in [-0.3, -0.25) is 4.74 Å². The van der Waals surface area contributed by atoms with Crippen LogP contribution in [0.1, 0.15) is 34.1 Å². The van der Waals surface area contributed by atoms with Gasteiger partial charge in [0.2, 0.25) is 0 Å². The molecule has 0 amide bonds. The number of allylic oxidation sites excluding steroid dienone is 1. The number of rotatable bonds is 4. The van der Waals surface area contributed by atoms with Gasteiger partial charge in [0.1, 0.15) is 11.5 Å². The van der Waals surface area contributed by atoms with E-state index in [1.54, 1.807) is 18.2 Å². The fourth-order valence-corrected chi connectivity index (χ4v) is 2.72. The van der Waals surface area contributed by atoms with Crippen LogP contribution < -0.4 is 10.2 Å². The van der Waals surface area contributed by atoms with E-state index in [4.69, 9.17) is 14.0 Å². The molecule has 0 N–H and O–H groups in total. The van der Waals surface area contributed by atoms with Crippen molar-refractivity contribution in [1.29, 1.82) is 0 Å². The molecule has 0 aromatic heterocycles. The first-order valence-corrected chi connectivity index (χ1v) is 8.72. The normalized spacial score (nSPS) is 24.0. The van der Waals surface area contributed by atoms with Crippen molar-refractivity contribution in [3.8, 4) is 5.75 Å². The van der Waals surface area contributed by atoms with E-state index in [1.807, 2.05) is 39.8 Å². The van der Waals surface area contributed by atoms with Crippen molar-refractivity contribution in [3.63, 3.8) is 0 Å². The van der Waals surface area contributed by atoms with Crippen molar-refractivity contribution >= 4 is 12.6 Å². The first kappa shape index (κ1) is 20.0. The van der Waals surface area contributed by atoms with Crippen molar-refractivity contribution in [2.45, 2.75) is 57.8 Å². The van der Waals surface area contributed by atoms with Gasteiger partial charge in [-0.1, -0.05) is 18.2 Å². The summed E-state index contributed by atoms with van der Waals surface area (Å²) in [6.07, 6.45) is -1.20. The summed E-state index contributed by atoms with van der Waals surface area (Å²) in [5.41, 5.74) is 0.0342. The lowest BCUT2D eigenvalue weighted by molar-refractivity contribution is -0.336. The molecule has 0 bridgehead atoms. The summed E-state index contributed by atoms with van der Waals surface area (Å²) < 4.78 is 58.3. The van der Waals surface area contributed by atoms with Crippen LogP contribution in [0.15, 0.2) is 48.3 Å². The second kappa shape index (κ2) is 7.00. The zero-order chi connectivity index (χ0) is 19.9. The first-order valence-electron chi connectivity index (χ1n) is 8.72. The van der Waals surface area contributed by atoms with Gasteiger partial charge < -0.3 is 14.0 Å². The average molecular weight is 382 g/mol. The minimum atomic E-state index is -4.65. The Labute approximate surface area is 157 Å². The first-order chi connectivity index (χ1) is 12.5. The van der Waals surface area contributed by atoms with Gasteiger partial charge in [-0.15, -0.1) is 13.2 Å². The Morgan fingerprint density at radius 2 is 1.63 bits per heavy atom. The van der Waals surface area contributed by atoms with Gasteiger partial charge >= 0.3 is 13.5 Å². The predicted molar refractivity (Wildman–Crippen MR) is 95.6 cm³/mol. The maximum absolute atomic E-state index is 12.2. The number of hydrogen-bond donors (Lipinski definition) is 0. The highest BCUT2D eigenvalue weighted by molar-refractivity contribution is 6.62. The quantitative estimate of drug-likeness (QED) is 0.735. The molecule has 0 radical (unpaired) electrons. The van der Waals surface area contributed by atoms with Gasteiger partial charge in [-0.05, 0) is 63.9 Å². The van der Waals surface area contributed by atoms with Crippen LogP contribution in [0.25, 0.3) is 0 Å². The number of ether oxygens (including phenoxy) is 2. The molecule has 1 aliphatic heterocycles. The molecule has 3 rings (SSSR count). The zero-order valence-electron chi connectivity index (χ0n) is 15.7. The van der Waals surface area contributed by atoms with Crippen molar-refractivity contribution in [2.24, 2.45) is 0 Å². The van der Waals surface area contributed by atoms with E-state index in [2.05, 4.69) is 4.74 Å². The molecule has 1 fully saturated rings. The van der Waals surface area contributed by atoms with E-state index in [0.717, 1.165) is 5.46 Å². The molecule has 1 aromatic rings. The molecule has 27 heavy (non-hydrogen) atoms. The molecule has 2 aliphatic rings. The fraction of sp³-hybridized carbons (Fsp3) is 0.474. The molecule has 1 atom stereocenters. The van der Waals surface area contributed by atoms with Crippen LogP contribution in [0.3, 0.4) is 0 Å². The summed E-state index contributed by atoms with van der Waals surface area (Å²) in [7, 11) is -0.460. The lowest BCUT2D eigenvalue weighted by Crippen LogP contribution is -2.41. The third-order valence-corrected chi connectivity index (χ3v) is 4.95. The van der Waals surface area contributed by atoms with Crippen LogP contribution in [0, 0.1) is 0 Å². The third kappa shape index (κ3) is 4.75. The van der Waals surface area contributed by atoms with Gasteiger partial charge in [0, 0.05) is 0 Å². The maximum atomic E-state index is 12.2. The maximum Gasteiger partial charge on any atom is 0.523 e. The van der Waals surface area contributed by atoms with E-state index in [1.165, 1.54) is 12.2 Å². The molecule has 1 aliphatic carbocycles. The Balaban J connectivity index is 1.59. The van der Waals surface area contributed by atoms with Crippen LogP contribution in [0.4, 0.5) is 13.2 Å². The topological polar surface area (TPSA) is 36.9 Å². The largest absolute Gasteiger partial charge is 0.523 e. The number of hydrogen-bond acceptors (Lipinski definition) is 4. The molecule has 4 nitrogen and oxygen atoms in total. The van der Waals surface area contributed by atoms with Gasteiger partial charge in [-0.2, -0.15) is 0 Å². The van der Waals surface area contributed by atoms with Crippen molar-refractivity contribution in [3.05, 3.63) is 48.3 Å². The van der Waals surface area contributed by atoms with Crippen molar-refractivity contribution in [1.82, 2.24) is 0 Å². The molecule has 1 unspecified atom stereocenters. The Morgan fingerprint density at radius 3 is 2.11 bits per heavy atom. The lowest BCUT2D eigenvalue weighted by atomic mass is 9.79. The van der Waals surface area contributed by atoms with E-state index in [-0.39, 0.29) is 6.42 Å². The predicted octanol–water partition coefficient (Wildman–Crippen LogP) is 4.11. The van der Waals surface area contributed by atoms with Crippen LogP contribution in [-0.4, -0.2) is 30.8 Å². The Bertz CT molecular complexity index is 722. The Morgan fingerprint density at radius 1 is 1.04 bits per heavy atom. The number of benzene rings is 1. The van der Waals surface area contributed by atoms with Crippen LogP contribution >= 0.6 is 0 Å². The van der Waals surface area contributed by atoms with E-state index < -0.39 is 30.8 Å². The second-order valence-electron chi connectivity index (χ2n) is 7.56. The molecule has 1 saturated heterocycles. The Hall–Kier alpha value is -1.77. The molecule has 0 saturated carbocycles. The molecule has 0 spiro atoms. The smallest absolute Gasteiger partial charge is 0.458 e. The van der Waals surface area contributed by atoms with E-state index >= 15 is 0 Å². The summed E-state index contributed by atoms with van der Waals surface area (Å²) in [6.45, 7) is 7.95. The average Bonchev–Trinajstić information content (AvgIpc) is 2.77. The van der Waals surface area contributed by atoms with Crippen LogP contribution in [0.2, 0.25) is 0 Å². The standard InChI is InChI=1S/C19H22BF3O4/c1-17(2)18(3,4)27-20(26-17)13-5-7-14(8-6-13)24-15-9-11-16(12-10-15)25-19(21,22)23/h5-11,16H,12H2,1-4H3. The summed E-state index contributed by atoms with van der Waals surface area (Å²) in [5.74, 6) is 1.04. The number of alkyl halides is 3. The summed E-state index contributed by atoms with van der Waals surface area (Å²) in [4.78, 5) is 0. The molecule has 146 valence electrons. The summed E-state index contributed by atoms with van der Waals surface area (Å²) in [6, 6.07) is 7.24. The minimum absolute atomic E-state index is 0.0946. The third-order valence-electron chi connectivity index (χ3n) is 4.95. The fourth-order valence-electron chi connectivity index (χ4n) is 2.72. The highest BCUT2D eigenvalue weighted by Gasteiger charge is 2.51. The molecule has 1 heterocycles. The van der Waals surface area contributed by atoms with Crippen LogP contribution in [0.5, 0.6) is 5.75 Å². The molecule has 1 aromatic carbocycles. The van der Waals surface area contributed by atoms with Crippen molar-refractivity contribution < 1.29 is 32.0 Å². The van der Waals surface area contributed by atoms with Gasteiger partial charge in [-0.25, -0.2) is 0 Å². The highest BCUT2D eigenvalue weighted by atomic mass is 19.4. The molecule has 8 heteroatoms. The van der Waals surface area contributed by atoms with Gasteiger partial charge in [0.25, 0.3) is 0 Å². The summed E-state index contributed by atoms with van der Waals surface area (Å²) in [5, 5.41) is 0. The van der Waals surface area contributed by atoms with Crippen LogP contribution in [-0.2, 0) is 14.0 Å². The molecular formula is C19H22BF3O4. The minimum Gasteiger partial charge on any atom is -0.458 e. The Kier molecular flexibility index (Phi) is 5.18. The SMILES string of the molecule is CC1(C)OB(c2ccc(OC3=CCC(OC(F)(F)F)C=C3)cc2)OC1(C)C. The highest BCUT2D eigenvalue weighted by Crippen LogP contribution is 2.36. The monoisotopic (exact) mass is 382 g/mol. The zero-order valence-corrected chi connectivity index (χ0v) is 15.7. The van der Waals surface area contributed by atoms with Gasteiger partial charge in [0.15, 0.2) is 0 Å². The summed E-state index contributed by atoms with van der Waals surface area (Å²) >= 11 is 0. The second-order valence-corrected chi connectivity index (χ2v) is 7.56. The molecular weight excluding hydrogens is 360 g/mol.